The van der Waals surface area contributed by atoms with Gasteiger partial charge in [-0.2, -0.15) is 4.98 Å². The van der Waals surface area contributed by atoms with E-state index in [4.69, 9.17) is 0 Å². The van der Waals surface area contributed by atoms with Gasteiger partial charge in [-0.3, -0.25) is 0 Å². The van der Waals surface area contributed by atoms with E-state index in [-0.39, 0.29) is 0 Å². The van der Waals surface area contributed by atoms with Gasteiger partial charge in [0.05, 0.1) is 0 Å². The Balaban J connectivity index is 1.42. The largest absolute Gasteiger partial charge is 0.369 e. The van der Waals surface area contributed by atoms with E-state index in [9.17, 15) is 0 Å². The SMILES string of the molecule is Cc1ccccc1Nc1nccc(Nc2ccc(N3CCN(C)CC3)cc2)n1. The lowest BCUT2D eigenvalue weighted by Gasteiger charge is -2.34. The van der Waals surface area contributed by atoms with Gasteiger partial charge in [-0.15, -0.1) is 0 Å². The van der Waals surface area contributed by atoms with Gasteiger partial charge in [0, 0.05) is 49.4 Å². The van der Waals surface area contributed by atoms with Crippen molar-refractivity contribution in [2.75, 3.05) is 48.8 Å². The number of likely N-dealkylation sites (N-methyl/N-ethyl adjacent to an activating group) is 1. The third-order valence-corrected chi connectivity index (χ3v) is 5.06. The van der Waals surface area contributed by atoms with E-state index < -0.39 is 0 Å². The normalized spacial score (nSPS) is 14.7. The van der Waals surface area contributed by atoms with E-state index in [2.05, 4.69) is 74.7 Å². The average Bonchev–Trinajstić information content (AvgIpc) is 2.71. The molecule has 0 atom stereocenters. The van der Waals surface area contributed by atoms with Gasteiger partial charge >= 0.3 is 0 Å². The fourth-order valence-corrected chi connectivity index (χ4v) is 3.29. The second-order valence-corrected chi connectivity index (χ2v) is 7.17. The van der Waals surface area contributed by atoms with Crippen LogP contribution >= 0.6 is 0 Å². The smallest absolute Gasteiger partial charge is 0.229 e. The molecule has 28 heavy (non-hydrogen) atoms. The quantitative estimate of drug-likeness (QED) is 0.703. The predicted molar refractivity (Wildman–Crippen MR) is 116 cm³/mol. The topological polar surface area (TPSA) is 56.3 Å². The molecule has 0 saturated carbocycles. The van der Waals surface area contributed by atoms with Crippen LogP contribution < -0.4 is 15.5 Å². The van der Waals surface area contributed by atoms with Crippen molar-refractivity contribution in [3.63, 3.8) is 0 Å². The Morgan fingerprint density at radius 1 is 0.857 bits per heavy atom. The summed E-state index contributed by atoms with van der Waals surface area (Å²) in [5.74, 6) is 1.34. The van der Waals surface area contributed by atoms with E-state index in [0.29, 0.717) is 5.95 Å². The summed E-state index contributed by atoms with van der Waals surface area (Å²) in [5, 5.41) is 6.65. The molecule has 3 aromatic rings. The lowest BCUT2D eigenvalue weighted by Crippen LogP contribution is -2.44. The average molecular weight is 374 g/mol. The van der Waals surface area contributed by atoms with Crippen LogP contribution in [-0.2, 0) is 0 Å². The van der Waals surface area contributed by atoms with Gasteiger partial charge in [-0.25, -0.2) is 4.98 Å². The highest BCUT2D eigenvalue weighted by molar-refractivity contribution is 5.63. The van der Waals surface area contributed by atoms with Gasteiger partial charge in [0.2, 0.25) is 5.95 Å². The van der Waals surface area contributed by atoms with Crippen molar-refractivity contribution in [1.29, 1.82) is 0 Å². The van der Waals surface area contributed by atoms with Crippen LogP contribution in [0.25, 0.3) is 0 Å². The lowest BCUT2D eigenvalue weighted by atomic mass is 10.2. The summed E-state index contributed by atoms with van der Waals surface area (Å²) in [7, 11) is 2.17. The second kappa shape index (κ2) is 8.27. The molecule has 4 rings (SSSR count). The van der Waals surface area contributed by atoms with E-state index >= 15 is 0 Å². The second-order valence-electron chi connectivity index (χ2n) is 7.17. The summed E-state index contributed by atoms with van der Waals surface area (Å²) in [4.78, 5) is 13.7. The number of hydrogen-bond donors (Lipinski definition) is 2. The molecule has 0 amide bonds. The molecule has 1 fully saturated rings. The first-order chi connectivity index (χ1) is 13.7. The molecule has 0 spiro atoms. The first kappa shape index (κ1) is 18.3. The molecule has 1 aromatic heterocycles. The van der Waals surface area contributed by atoms with Gasteiger partial charge in [0.1, 0.15) is 5.82 Å². The fourth-order valence-electron chi connectivity index (χ4n) is 3.29. The summed E-state index contributed by atoms with van der Waals surface area (Å²) >= 11 is 0. The minimum absolute atomic E-state index is 0.577. The van der Waals surface area contributed by atoms with E-state index in [1.54, 1.807) is 6.20 Å². The summed E-state index contributed by atoms with van der Waals surface area (Å²) in [5.41, 5.74) is 4.45. The molecule has 0 bridgehead atoms. The van der Waals surface area contributed by atoms with Crippen LogP contribution in [0.5, 0.6) is 0 Å². The van der Waals surface area contributed by atoms with E-state index in [0.717, 1.165) is 48.9 Å². The molecule has 2 aromatic carbocycles. The zero-order valence-electron chi connectivity index (χ0n) is 16.4. The minimum Gasteiger partial charge on any atom is -0.369 e. The molecule has 0 aliphatic carbocycles. The van der Waals surface area contributed by atoms with Crippen molar-refractivity contribution < 1.29 is 0 Å². The van der Waals surface area contributed by atoms with Crippen molar-refractivity contribution in [2.24, 2.45) is 0 Å². The number of anilines is 5. The van der Waals surface area contributed by atoms with Crippen LogP contribution in [0.1, 0.15) is 5.56 Å². The number of piperazine rings is 1. The van der Waals surface area contributed by atoms with Crippen LogP contribution in [0.3, 0.4) is 0 Å². The molecule has 2 N–H and O–H groups in total. The van der Waals surface area contributed by atoms with Gasteiger partial charge in [-0.1, -0.05) is 18.2 Å². The van der Waals surface area contributed by atoms with Crippen LogP contribution in [-0.4, -0.2) is 48.1 Å². The maximum Gasteiger partial charge on any atom is 0.229 e. The fraction of sp³-hybridized carbons (Fsp3) is 0.273. The third kappa shape index (κ3) is 4.40. The Hall–Kier alpha value is -3.12. The molecule has 1 aliphatic rings. The summed E-state index contributed by atoms with van der Waals surface area (Å²) in [6, 6.07) is 18.5. The molecule has 6 nitrogen and oxygen atoms in total. The highest BCUT2D eigenvalue weighted by atomic mass is 15.2. The standard InChI is InChI=1S/C22H26N6/c1-17-5-3-4-6-20(17)25-22-23-12-11-21(26-22)24-18-7-9-19(10-8-18)28-15-13-27(2)14-16-28/h3-12H,13-16H2,1-2H3,(H2,23,24,25,26). The van der Waals surface area contributed by atoms with Gasteiger partial charge in [0.25, 0.3) is 0 Å². The monoisotopic (exact) mass is 374 g/mol. The van der Waals surface area contributed by atoms with Gasteiger partial charge < -0.3 is 20.4 Å². The van der Waals surface area contributed by atoms with E-state index in [1.165, 1.54) is 5.69 Å². The number of aryl methyl sites for hydroxylation is 1. The maximum atomic E-state index is 4.58. The van der Waals surface area contributed by atoms with Crippen LogP contribution in [0.4, 0.5) is 28.8 Å². The Morgan fingerprint density at radius 3 is 2.36 bits per heavy atom. The molecule has 0 radical (unpaired) electrons. The van der Waals surface area contributed by atoms with Crippen molar-refractivity contribution in [3.8, 4) is 0 Å². The van der Waals surface area contributed by atoms with E-state index in [1.807, 2.05) is 24.3 Å². The molecule has 1 saturated heterocycles. The van der Waals surface area contributed by atoms with Crippen LogP contribution in [0.2, 0.25) is 0 Å². The number of hydrogen-bond acceptors (Lipinski definition) is 6. The first-order valence-electron chi connectivity index (χ1n) is 9.64. The molecular formula is C22H26N6. The summed E-state index contributed by atoms with van der Waals surface area (Å²) < 4.78 is 0. The Labute approximate surface area is 166 Å². The van der Waals surface area contributed by atoms with Crippen LogP contribution in [0, 0.1) is 6.92 Å². The van der Waals surface area contributed by atoms with Gasteiger partial charge in [-0.05, 0) is 55.9 Å². The van der Waals surface area contributed by atoms with Crippen molar-refractivity contribution >= 4 is 28.8 Å². The van der Waals surface area contributed by atoms with Crippen molar-refractivity contribution in [1.82, 2.24) is 14.9 Å². The van der Waals surface area contributed by atoms with Crippen molar-refractivity contribution in [2.45, 2.75) is 6.92 Å². The maximum absolute atomic E-state index is 4.58. The van der Waals surface area contributed by atoms with Crippen molar-refractivity contribution in [3.05, 3.63) is 66.4 Å². The predicted octanol–water partition coefficient (Wildman–Crippen LogP) is 4.02. The molecule has 0 unspecified atom stereocenters. The minimum atomic E-state index is 0.577. The number of aromatic nitrogens is 2. The number of nitrogens with zero attached hydrogens (tertiary/aromatic N) is 4. The third-order valence-electron chi connectivity index (χ3n) is 5.06. The molecule has 1 aliphatic heterocycles. The molecule has 2 heterocycles. The Morgan fingerprint density at radius 2 is 1.61 bits per heavy atom. The number of rotatable bonds is 5. The molecular weight excluding hydrogens is 348 g/mol. The zero-order valence-corrected chi connectivity index (χ0v) is 16.4. The highest BCUT2D eigenvalue weighted by Gasteiger charge is 2.14. The molecule has 6 heteroatoms. The lowest BCUT2D eigenvalue weighted by molar-refractivity contribution is 0.313. The molecule has 144 valence electrons. The number of benzene rings is 2. The Kier molecular flexibility index (Phi) is 5.39. The highest BCUT2D eigenvalue weighted by Crippen LogP contribution is 2.23. The van der Waals surface area contributed by atoms with Gasteiger partial charge in [0.15, 0.2) is 0 Å². The first-order valence-corrected chi connectivity index (χ1v) is 9.64. The summed E-state index contributed by atoms with van der Waals surface area (Å²) in [6.45, 7) is 6.42. The Bertz CT molecular complexity index is 916. The zero-order chi connectivity index (χ0) is 19.3. The number of para-hydroxylation sites is 1. The number of nitrogens with one attached hydrogen (secondary N) is 2. The summed E-state index contributed by atoms with van der Waals surface area (Å²) in [6.07, 6.45) is 1.76. The van der Waals surface area contributed by atoms with Crippen LogP contribution in [0.15, 0.2) is 60.8 Å².